The fourth-order valence-electron chi connectivity index (χ4n) is 1.90. The highest BCUT2D eigenvalue weighted by Crippen LogP contribution is 2.25. The highest BCUT2D eigenvalue weighted by molar-refractivity contribution is 6.32. The van der Waals surface area contributed by atoms with Crippen LogP contribution in [-0.2, 0) is 0 Å². The van der Waals surface area contributed by atoms with Crippen molar-refractivity contribution in [3.63, 3.8) is 0 Å². The third-order valence-corrected chi connectivity index (χ3v) is 3.41. The van der Waals surface area contributed by atoms with Crippen LogP contribution in [0.25, 0.3) is 11.3 Å². The van der Waals surface area contributed by atoms with E-state index in [1.54, 1.807) is 30.3 Å². The Morgan fingerprint density at radius 1 is 1.14 bits per heavy atom. The highest BCUT2D eigenvalue weighted by atomic mass is 35.5. The van der Waals surface area contributed by atoms with E-state index in [9.17, 15) is 4.79 Å². The normalized spacial score (nSPS) is 10.5. The van der Waals surface area contributed by atoms with Crippen LogP contribution in [-0.4, -0.2) is 11.1 Å². The molecule has 0 aliphatic rings. The second-order valence-electron chi connectivity index (χ2n) is 4.76. The Morgan fingerprint density at radius 2 is 1.86 bits per heavy atom. The number of para-hydroxylation sites is 1. The maximum Gasteiger partial charge on any atom is 0.366 e. The van der Waals surface area contributed by atoms with Crippen molar-refractivity contribution < 1.29 is 14.1 Å². The molecule has 5 heteroatoms. The summed E-state index contributed by atoms with van der Waals surface area (Å²) in [5, 5.41) is 4.11. The van der Waals surface area contributed by atoms with Crippen LogP contribution in [0.3, 0.4) is 0 Å². The van der Waals surface area contributed by atoms with Crippen LogP contribution in [0.4, 0.5) is 0 Å². The molecule has 0 radical (unpaired) electrons. The summed E-state index contributed by atoms with van der Waals surface area (Å²) >= 11 is 5.95. The maximum absolute atomic E-state index is 12.1. The summed E-state index contributed by atoms with van der Waals surface area (Å²) in [6.07, 6.45) is 0. The van der Waals surface area contributed by atoms with Gasteiger partial charge in [-0.05, 0) is 19.1 Å². The molecule has 3 aromatic rings. The van der Waals surface area contributed by atoms with Crippen LogP contribution in [0.5, 0.6) is 5.75 Å². The first-order chi connectivity index (χ1) is 10.6. The number of aromatic nitrogens is 1. The lowest BCUT2D eigenvalue weighted by atomic mass is 10.1. The number of hydrogen-bond donors (Lipinski definition) is 0. The number of rotatable bonds is 3. The largest absolute Gasteiger partial charge is 0.420 e. The number of hydrogen-bond acceptors (Lipinski definition) is 4. The number of halogens is 1. The van der Waals surface area contributed by atoms with Gasteiger partial charge in [-0.2, -0.15) is 0 Å². The Kier molecular flexibility index (Phi) is 3.94. The molecule has 1 heterocycles. The summed E-state index contributed by atoms with van der Waals surface area (Å²) in [5.74, 6) is 0.176. The summed E-state index contributed by atoms with van der Waals surface area (Å²) in [7, 11) is 0. The van der Waals surface area contributed by atoms with E-state index in [2.05, 4.69) is 5.16 Å². The summed E-state index contributed by atoms with van der Waals surface area (Å²) in [5.41, 5.74) is 2.08. The lowest BCUT2D eigenvalue weighted by Gasteiger charge is -2.02. The van der Waals surface area contributed by atoms with Gasteiger partial charge in [0.25, 0.3) is 0 Å². The molecule has 1 aromatic heterocycles. The van der Waals surface area contributed by atoms with Crippen molar-refractivity contribution in [3.05, 3.63) is 70.9 Å². The van der Waals surface area contributed by atoms with E-state index in [1.807, 2.05) is 31.2 Å². The molecule has 0 bridgehead atoms. The maximum atomic E-state index is 12.1. The number of carbonyl (C=O) groups is 1. The number of ether oxygens (including phenoxy) is 1. The second kappa shape index (κ2) is 6.03. The number of aryl methyl sites for hydroxylation is 1. The molecule has 22 heavy (non-hydrogen) atoms. The zero-order valence-corrected chi connectivity index (χ0v) is 12.5. The second-order valence-corrected chi connectivity index (χ2v) is 5.17. The standard InChI is InChI=1S/C17H12ClNO3/c1-11-6-8-12(9-7-11)16-10-14(19-22-16)17(20)21-15-5-3-2-4-13(15)18/h2-10H,1H3. The highest BCUT2D eigenvalue weighted by Gasteiger charge is 2.17. The molecule has 0 amide bonds. The molecule has 2 aromatic carbocycles. The minimum Gasteiger partial charge on any atom is -0.420 e. The average Bonchev–Trinajstić information content (AvgIpc) is 3.00. The molecular weight excluding hydrogens is 302 g/mol. The first-order valence-electron chi connectivity index (χ1n) is 6.64. The number of carbonyl (C=O) groups excluding carboxylic acids is 1. The first-order valence-corrected chi connectivity index (χ1v) is 7.02. The molecule has 0 N–H and O–H groups in total. The van der Waals surface area contributed by atoms with Gasteiger partial charge in [-0.15, -0.1) is 0 Å². The quantitative estimate of drug-likeness (QED) is 0.527. The van der Waals surface area contributed by atoms with Gasteiger partial charge < -0.3 is 9.26 Å². The molecule has 0 fully saturated rings. The Morgan fingerprint density at radius 3 is 2.59 bits per heavy atom. The topological polar surface area (TPSA) is 52.3 Å². The van der Waals surface area contributed by atoms with Crippen LogP contribution in [0.15, 0.2) is 59.1 Å². The number of esters is 1. The lowest BCUT2D eigenvalue weighted by Crippen LogP contribution is -2.08. The monoisotopic (exact) mass is 313 g/mol. The lowest BCUT2D eigenvalue weighted by molar-refractivity contribution is 0.0724. The van der Waals surface area contributed by atoms with Crippen molar-refractivity contribution in [3.8, 4) is 17.1 Å². The summed E-state index contributed by atoms with van der Waals surface area (Å²) in [6.45, 7) is 2.00. The van der Waals surface area contributed by atoms with Crippen molar-refractivity contribution in [2.24, 2.45) is 0 Å². The zero-order valence-electron chi connectivity index (χ0n) is 11.7. The average molecular weight is 314 g/mol. The van der Waals surface area contributed by atoms with Crippen molar-refractivity contribution in [2.75, 3.05) is 0 Å². The van der Waals surface area contributed by atoms with Crippen LogP contribution >= 0.6 is 11.6 Å². The van der Waals surface area contributed by atoms with Crippen LogP contribution < -0.4 is 4.74 Å². The van der Waals surface area contributed by atoms with Crippen molar-refractivity contribution in [1.29, 1.82) is 0 Å². The molecule has 3 rings (SSSR count). The Bertz CT molecular complexity index is 809. The molecule has 0 aliphatic heterocycles. The molecule has 4 nitrogen and oxygen atoms in total. The minimum atomic E-state index is -0.616. The van der Waals surface area contributed by atoms with E-state index in [1.165, 1.54) is 0 Å². The number of benzene rings is 2. The predicted molar refractivity (Wildman–Crippen MR) is 83.1 cm³/mol. The fourth-order valence-corrected chi connectivity index (χ4v) is 2.08. The van der Waals surface area contributed by atoms with Crippen molar-refractivity contribution in [1.82, 2.24) is 5.16 Å². The first kappa shape index (κ1) is 14.4. The van der Waals surface area contributed by atoms with Crippen molar-refractivity contribution in [2.45, 2.75) is 6.92 Å². The Balaban J connectivity index is 1.80. The van der Waals surface area contributed by atoms with Gasteiger partial charge in [0.2, 0.25) is 0 Å². The molecule has 0 unspecified atom stereocenters. The van der Waals surface area contributed by atoms with Gasteiger partial charge in [-0.25, -0.2) is 4.79 Å². The van der Waals surface area contributed by atoms with Crippen molar-refractivity contribution >= 4 is 17.6 Å². The third kappa shape index (κ3) is 3.02. The van der Waals surface area contributed by atoms with Crippen LogP contribution in [0, 0.1) is 6.92 Å². The Labute approximate surface area is 132 Å². The molecule has 0 spiro atoms. The fraction of sp³-hybridized carbons (Fsp3) is 0.0588. The summed E-state index contributed by atoms with van der Waals surface area (Å²) in [4.78, 5) is 12.1. The van der Waals surface area contributed by atoms with E-state index >= 15 is 0 Å². The van der Waals surface area contributed by atoms with Gasteiger partial charge in [0, 0.05) is 11.6 Å². The van der Waals surface area contributed by atoms with E-state index in [0.717, 1.165) is 11.1 Å². The van der Waals surface area contributed by atoms with Gasteiger partial charge in [0.15, 0.2) is 11.5 Å². The molecule has 0 saturated heterocycles. The number of nitrogens with zero attached hydrogens (tertiary/aromatic N) is 1. The Hall–Kier alpha value is -2.59. The van der Waals surface area contributed by atoms with Gasteiger partial charge in [-0.3, -0.25) is 0 Å². The molecule has 110 valence electrons. The van der Waals surface area contributed by atoms with Crippen LogP contribution in [0.2, 0.25) is 5.02 Å². The smallest absolute Gasteiger partial charge is 0.366 e. The molecule has 0 atom stereocenters. The molecule has 0 aliphatic carbocycles. The van der Waals surface area contributed by atoms with E-state index in [4.69, 9.17) is 20.9 Å². The minimum absolute atomic E-state index is 0.0931. The summed E-state index contributed by atoms with van der Waals surface area (Å²) < 4.78 is 10.4. The van der Waals surface area contributed by atoms with E-state index < -0.39 is 5.97 Å². The van der Waals surface area contributed by atoms with Gasteiger partial charge in [-0.1, -0.05) is 58.7 Å². The summed E-state index contributed by atoms with van der Waals surface area (Å²) in [6, 6.07) is 16.0. The van der Waals surface area contributed by atoms with Gasteiger partial charge in [0.1, 0.15) is 5.75 Å². The predicted octanol–water partition coefficient (Wildman–Crippen LogP) is 4.52. The molecular formula is C17H12ClNO3. The van der Waals surface area contributed by atoms with E-state index in [0.29, 0.717) is 10.8 Å². The third-order valence-electron chi connectivity index (χ3n) is 3.09. The van der Waals surface area contributed by atoms with Gasteiger partial charge in [0.05, 0.1) is 5.02 Å². The van der Waals surface area contributed by atoms with Crippen LogP contribution in [0.1, 0.15) is 16.1 Å². The SMILES string of the molecule is Cc1ccc(-c2cc(C(=O)Oc3ccccc3Cl)no2)cc1. The zero-order chi connectivity index (χ0) is 15.5. The molecule has 0 saturated carbocycles. The van der Waals surface area contributed by atoms with E-state index in [-0.39, 0.29) is 11.4 Å². The van der Waals surface area contributed by atoms with Gasteiger partial charge >= 0.3 is 5.97 Å².